The van der Waals surface area contributed by atoms with Crippen molar-refractivity contribution in [3.63, 3.8) is 0 Å². The Morgan fingerprint density at radius 3 is 1.42 bits per heavy atom. The molecule has 0 saturated heterocycles. The van der Waals surface area contributed by atoms with Crippen LogP contribution in [0.25, 0.3) is 21.9 Å². The van der Waals surface area contributed by atoms with Gasteiger partial charge in [0.05, 0.1) is 38.2 Å². The van der Waals surface area contributed by atoms with Gasteiger partial charge in [-0.3, -0.25) is 8.37 Å². The van der Waals surface area contributed by atoms with Gasteiger partial charge in [0.2, 0.25) is 0 Å². The summed E-state index contributed by atoms with van der Waals surface area (Å²) in [5, 5.41) is 20.8. The van der Waals surface area contributed by atoms with Gasteiger partial charge in [-0.05, 0) is 13.8 Å². The summed E-state index contributed by atoms with van der Waals surface area (Å²) in [7, 11) is -6.43. The quantitative estimate of drug-likeness (QED) is 0.460. The van der Waals surface area contributed by atoms with Crippen molar-refractivity contribution in [2.45, 2.75) is 23.6 Å². The largest absolute Gasteiger partial charge is 0.504 e. The van der Waals surface area contributed by atoms with Gasteiger partial charge in [-0.25, -0.2) is 0 Å². The standard InChI is InChI=1S/C18H20O11S2/c1-5-27-30(21,22)11-7-9(25-3)15(19)13-14-16(20)10(26-4)8-12(18(14)29-17(11)13)31(23,24)28-6-2/h7-8,19-20H,5-6H2,1-4H3. The van der Waals surface area contributed by atoms with Crippen molar-refractivity contribution in [2.75, 3.05) is 27.4 Å². The van der Waals surface area contributed by atoms with Gasteiger partial charge < -0.3 is 24.1 Å². The molecule has 3 aromatic rings. The zero-order valence-corrected chi connectivity index (χ0v) is 18.6. The lowest BCUT2D eigenvalue weighted by Crippen LogP contribution is -2.07. The number of benzene rings is 2. The number of ether oxygens (including phenoxy) is 2. The highest BCUT2D eigenvalue weighted by molar-refractivity contribution is 7.87. The molecule has 2 N–H and O–H groups in total. The second kappa shape index (κ2) is 8.07. The van der Waals surface area contributed by atoms with Crippen molar-refractivity contribution in [1.29, 1.82) is 0 Å². The fourth-order valence-electron chi connectivity index (χ4n) is 3.10. The number of phenolic OH excluding ortho intramolecular Hbond substituents is 2. The summed E-state index contributed by atoms with van der Waals surface area (Å²) < 4.78 is 75.9. The van der Waals surface area contributed by atoms with Crippen molar-refractivity contribution >= 4 is 42.2 Å². The molecule has 0 fully saturated rings. The maximum Gasteiger partial charge on any atom is 0.300 e. The molecule has 2 aromatic carbocycles. The van der Waals surface area contributed by atoms with Crippen LogP contribution in [0.15, 0.2) is 26.3 Å². The number of hydrogen-bond acceptors (Lipinski definition) is 11. The minimum atomic E-state index is -4.40. The third kappa shape index (κ3) is 3.63. The van der Waals surface area contributed by atoms with Crippen LogP contribution in [0.5, 0.6) is 23.0 Å². The molecule has 0 aliphatic heterocycles. The second-order valence-electron chi connectivity index (χ2n) is 6.08. The Balaban J connectivity index is 2.64. The summed E-state index contributed by atoms with van der Waals surface area (Å²) in [6, 6.07) is 1.94. The van der Waals surface area contributed by atoms with Gasteiger partial charge in [0.1, 0.15) is 9.79 Å². The van der Waals surface area contributed by atoms with E-state index >= 15 is 0 Å². The maximum atomic E-state index is 12.6. The van der Waals surface area contributed by atoms with Crippen LogP contribution in [0.2, 0.25) is 0 Å². The first-order chi connectivity index (χ1) is 14.5. The van der Waals surface area contributed by atoms with Crippen LogP contribution < -0.4 is 9.47 Å². The molecule has 11 nitrogen and oxygen atoms in total. The van der Waals surface area contributed by atoms with Crippen LogP contribution in [0.1, 0.15) is 13.8 Å². The Morgan fingerprint density at radius 1 is 0.774 bits per heavy atom. The summed E-state index contributed by atoms with van der Waals surface area (Å²) in [6.07, 6.45) is 0. The van der Waals surface area contributed by atoms with Crippen molar-refractivity contribution in [3.05, 3.63) is 12.1 Å². The van der Waals surface area contributed by atoms with Gasteiger partial charge in [-0.2, -0.15) is 16.8 Å². The third-order valence-electron chi connectivity index (χ3n) is 4.35. The first-order valence-electron chi connectivity index (χ1n) is 8.88. The van der Waals surface area contributed by atoms with E-state index in [9.17, 15) is 27.0 Å². The lowest BCUT2D eigenvalue weighted by atomic mass is 10.1. The Kier molecular flexibility index (Phi) is 5.97. The van der Waals surface area contributed by atoms with E-state index in [4.69, 9.17) is 22.3 Å². The van der Waals surface area contributed by atoms with Gasteiger partial charge in [-0.15, -0.1) is 0 Å². The average molecular weight is 476 g/mol. The number of rotatable bonds is 8. The van der Waals surface area contributed by atoms with E-state index in [0.29, 0.717) is 0 Å². The van der Waals surface area contributed by atoms with Gasteiger partial charge in [0, 0.05) is 12.1 Å². The fraction of sp³-hybridized carbons (Fsp3) is 0.333. The molecule has 1 heterocycles. The second-order valence-corrected chi connectivity index (χ2v) is 9.25. The van der Waals surface area contributed by atoms with Crippen molar-refractivity contribution in [3.8, 4) is 23.0 Å². The maximum absolute atomic E-state index is 12.6. The van der Waals surface area contributed by atoms with E-state index in [1.807, 2.05) is 0 Å². The molecule has 0 bridgehead atoms. The molecule has 0 atom stereocenters. The van der Waals surface area contributed by atoms with E-state index in [0.717, 1.165) is 12.1 Å². The van der Waals surface area contributed by atoms with Gasteiger partial charge in [0.15, 0.2) is 34.2 Å². The lowest BCUT2D eigenvalue weighted by molar-refractivity contribution is 0.336. The molecule has 0 aliphatic carbocycles. The Bertz CT molecular complexity index is 1260. The van der Waals surface area contributed by atoms with Crippen LogP contribution in [0.3, 0.4) is 0 Å². The topological polar surface area (TPSA) is 159 Å². The highest BCUT2D eigenvalue weighted by atomic mass is 32.2. The Morgan fingerprint density at radius 2 is 1.13 bits per heavy atom. The molecule has 0 unspecified atom stereocenters. The minimum Gasteiger partial charge on any atom is -0.504 e. The molecule has 1 aromatic heterocycles. The van der Waals surface area contributed by atoms with E-state index in [2.05, 4.69) is 0 Å². The Hall–Kier alpha value is -2.74. The molecule has 170 valence electrons. The van der Waals surface area contributed by atoms with E-state index in [-0.39, 0.29) is 35.5 Å². The molecule has 13 heteroatoms. The van der Waals surface area contributed by atoms with Crippen LogP contribution in [-0.2, 0) is 28.6 Å². The van der Waals surface area contributed by atoms with Gasteiger partial charge >= 0.3 is 20.2 Å². The molecule has 3 rings (SSSR count). The van der Waals surface area contributed by atoms with Crippen LogP contribution in [-0.4, -0.2) is 54.5 Å². The van der Waals surface area contributed by atoms with Gasteiger partial charge in [-0.1, -0.05) is 0 Å². The number of hydrogen-bond donors (Lipinski definition) is 2. The van der Waals surface area contributed by atoms with Crippen LogP contribution >= 0.6 is 0 Å². The molecule has 0 spiro atoms. The number of phenols is 2. The van der Waals surface area contributed by atoms with Crippen LogP contribution in [0.4, 0.5) is 0 Å². The monoisotopic (exact) mass is 476 g/mol. The average Bonchev–Trinajstić information content (AvgIpc) is 3.09. The predicted octanol–water partition coefficient (Wildman–Crippen LogP) is 2.46. The van der Waals surface area contributed by atoms with Gasteiger partial charge in [0.25, 0.3) is 0 Å². The zero-order valence-electron chi connectivity index (χ0n) is 17.0. The van der Waals surface area contributed by atoms with Crippen LogP contribution in [0, 0.1) is 0 Å². The smallest absolute Gasteiger partial charge is 0.300 e. The summed E-state index contributed by atoms with van der Waals surface area (Å²) in [4.78, 5) is -1.07. The summed E-state index contributed by atoms with van der Waals surface area (Å²) in [5.41, 5.74) is -0.892. The normalized spacial score (nSPS) is 12.5. The highest BCUT2D eigenvalue weighted by Crippen LogP contribution is 2.51. The first kappa shape index (κ1) is 22.9. The molecular formula is C18H20O11S2. The predicted molar refractivity (Wildman–Crippen MR) is 108 cm³/mol. The van der Waals surface area contributed by atoms with E-state index in [1.165, 1.54) is 28.1 Å². The number of furan rings is 1. The highest BCUT2D eigenvalue weighted by Gasteiger charge is 2.33. The zero-order chi connectivity index (χ0) is 23.1. The number of fused-ring (bicyclic) bond motifs is 3. The fourth-order valence-corrected chi connectivity index (χ4v) is 5.22. The van der Waals surface area contributed by atoms with Crippen molar-refractivity contribution < 1.29 is 49.3 Å². The summed E-state index contributed by atoms with van der Waals surface area (Å²) in [5.74, 6) is -1.72. The number of methoxy groups -OCH3 is 2. The molecule has 0 saturated carbocycles. The minimum absolute atomic E-state index is 0.198. The summed E-state index contributed by atoms with van der Waals surface area (Å²) >= 11 is 0. The van der Waals surface area contributed by atoms with Crippen molar-refractivity contribution in [2.24, 2.45) is 0 Å². The molecule has 31 heavy (non-hydrogen) atoms. The Labute approximate surface area is 177 Å². The third-order valence-corrected chi connectivity index (χ3v) is 7.12. The SMILES string of the molecule is CCOS(=O)(=O)c1cc(OC)c(O)c2c1oc1c(S(=O)(=O)OCC)cc(OC)c(O)c12. The van der Waals surface area contributed by atoms with E-state index in [1.54, 1.807) is 0 Å². The molecular weight excluding hydrogens is 456 g/mol. The van der Waals surface area contributed by atoms with Crippen molar-refractivity contribution in [1.82, 2.24) is 0 Å². The molecule has 0 aliphatic rings. The lowest BCUT2D eigenvalue weighted by Gasteiger charge is -2.10. The van der Waals surface area contributed by atoms with E-state index < -0.39 is 52.7 Å². The first-order valence-corrected chi connectivity index (χ1v) is 11.7. The molecule has 0 amide bonds. The number of aromatic hydroxyl groups is 2. The summed E-state index contributed by atoms with van der Waals surface area (Å²) in [6.45, 7) is 2.51. The molecule has 0 radical (unpaired) electrons.